The highest BCUT2D eigenvalue weighted by Crippen LogP contribution is 2.30. The van der Waals surface area contributed by atoms with Crippen LogP contribution in [0.1, 0.15) is 6.42 Å². The molecule has 0 aliphatic carbocycles. The predicted octanol–water partition coefficient (Wildman–Crippen LogP) is 1.58. The summed E-state index contributed by atoms with van der Waals surface area (Å²) in [5.41, 5.74) is 0. The van der Waals surface area contributed by atoms with Gasteiger partial charge < -0.3 is 10.1 Å². The van der Waals surface area contributed by atoms with Crippen molar-refractivity contribution < 1.29 is 13.2 Å². The van der Waals surface area contributed by atoms with Gasteiger partial charge in [-0.25, -0.2) is 8.42 Å². The number of methoxy groups -OCH3 is 1. The third-order valence-corrected chi connectivity index (χ3v) is 5.66. The number of benzene rings is 1. The second-order valence-electron chi connectivity index (χ2n) is 4.87. The summed E-state index contributed by atoms with van der Waals surface area (Å²) < 4.78 is 31.6. The van der Waals surface area contributed by atoms with Crippen LogP contribution < -0.4 is 10.1 Å². The van der Waals surface area contributed by atoms with Gasteiger partial charge in [-0.2, -0.15) is 4.31 Å². The number of hydrogen-bond donors (Lipinski definition) is 1. The van der Waals surface area contributed by atoms with Gasteiger partial charge in [0.2, 0.25) is 10.0 Å². The van der Waals surface area contributed by atoms with Crippen LogP contribution in [0, 0.1) is 5.92 Å². The Kier molecular flexibility index (Phi) is 4.90. The van der Waals surface area contributed by atoms with Crippen molar-refractivity contribution in [1.29, 1.82) is 0 Å². The minimum atomic E-state index is -3.47. The molecule has 1 atom stereocenters. The zero-order valence-electron chi connectivity index (χ0n) is 11.6. The lowest BCUT2D eigenvalue weighted by atomic mass is 10.1. The van der Waals surface area contributed by atoms with Gasteiger partial charge in [-0.05, 0) is 44.1 Å². The van der Waals surface area contributed by atoms with Gasteiger partial charge in [0.05, 0.1) is 17.0 Å². The van der Waals surface area contributed by atoms with Gasteiger partial charge in [-0.3, -0.25) is 0 Å². The second kappa shape index (κ2) is 6.30. The Balaban J connectivity index is 2.21. The van der Waals surface area contributed by atoms with Crippen LogP contribution in [0.25, 0.3) is 0 Å². The molecule has 5 nitrogen and oxygen atoms in total. The van der Waals surface area contributed by atoms with Crippen LogP contribution in [-0.4, -0.2) is 46.5 Å². The Labute approximate surface area is 124 Å². The minimum Gasteiger partial charge on any atom is -0.495 e. The van der Waals surface area contributed by atoms with Crippen molar-refractivity contribution in [3.8, 4) is 5.75 Å². The quantitative estimate of drug-likeness (QED) is 0.895. The van der Waals surface area contributed by atoms with Gasteiger partial charge >= 0.3 is 0 Å². The first kappa shape index (κ1) is 15.6. The summed E-state index contributed by atoms with van der Waals surface area (Å²) >= 11 is 6.00. The molecule has 0 radical (unpaired) electrons. The number of rotatable bonds is 5. The van der Waals surface area contributed by atoms with Crippen LogP contribution in [0.15, 0.2) is 23.1 Å². The lowest BCUT2D eigenvalue weighted by molar-refractivity contribution is 0.414. The molecule has 1 unspecified atom stereocenters. The van der Waals surface area contributed by atoms with Gasteiger partial charge in [0.25, 0.3) is 0 Å². The molecule has 1 N–H and O–H groups in total. The molecule has 20 heavy (non-hydrogen) atoms. The summed E-state index contributed by atoms with van der Waals surface area (Å²) in [6, 6.07) is 4.56. The van der Waals surface area contributed by atoms with Gasteiger partial charge in [0.15, 0.2) is 0 Å². The summed E-state index contributed by atoms with van der Waals surface area (Å²) in [6.45, 7) is 1.93. The molecule has 1 aliphatic rings. The molecule has 1 aromatic rings. The maximum atomic E-state index is 12.5. The van der Waals surface area contributed by atoms with E-state index in [0.29, 0.717) is 29.8 Å². The van der Waals surface area contributed by atoms with Crippen LogP contribution in [0.3, 0.4) is 0 Å². The maximum Gasteiger partial charge on any atom is 0.243 e. The molecule has 7 heteroatoms. The largest absolute Gasteiger partial charge is 0.495 e. The van der Waals surface area contributed by atoms with Crippen LogP contribution in [0.5, 0.6) is 5.75 Å². The number of halogens is 1. The summed E-state index contributed by atoms with van der Waals surface area (Å²) in [6.07, 6.45) is 0.879. The van der Waals surface area contributed by atoms with Crippen LogP contribution in [-0.2, 0) is 10.0 Å². The van der Waals surface area contributed by atoms with Gasteiger partial charge in [-0.1, -0.05) is 11.6 Å². The average molecular weight is 319 g/mol. The first-order valence-corrected chi connectivity index (χ1v) is 8.29. The van der Waals surface area contributed by atoms with Crippen molar-refractivity contribution in [3.05, 3.63) is 23.2 Å². The predicted molar refractivity (Wildman–Crippen MR) is 78.8 cm³/mol. The molecule has 0 amide bonds. The second-order valence-corrected chi connectivity index (χ2v) is 7.22. The third-order valence-electron chi connectivity index (χ3n) is 3.50. The fourth-order valence-electron chi connectivity index (χ4n) is 2.43. The van der Waals surface area contributed by atoms with Crippen molar-refractivity contribution in [2.75, 3.05) is 33.8 Å². The summed E-state index contributed by atoms with van der Waals surface area (Å²) in [4.78, 5) is 0.216. The highest BCUT2D eigenvalue weighted by atomic mass is 35.5. The highest BCUT2D eigenvalue weighted by Gasteiger charge is 2.32. The smallest absolute Gasteiger partial charge is 0.243 e. The number of ether oxygens (including phenoxy) is 1. The van der Waals surface area contributed by atoms with E-state index < -0.39 is 10.0 Å². The van der Waals surface area contributed by atoms with E-state index in [1.54, 1.807) is 6.07 Å². The number of hydrogen-bond acceptors (Lipinski definition) is 4. The van der Waals surface area contributed by atoms with Crippen LogP contribution >= 0.6 is 11.6 Å². The standard InChI is InChI=1S/C13H19ClN2O3S/c1-15-8-10-5-6-16(9-10)20(17,18)11-3-4-13(19-2)12(14)7-11/h3-4,7,10,15H,5-6,8-9H2,1-2H3. The highest BCUT2D eigenvalue weighted by molar-refractivity contribution is 7.89. The number of nitrogens with one attached hydrogen (secondary N) is 1. The Morgan fingerprint density at radius 2 is 2.25 bits per heavy atom. The van der Waals surface area contributed by atoms with E-state index in [-0.39, 0.29) is 4.90 Å². The Bertz CT molecular complexity index is 577. The minimum absolute atomic E-state index is 0.216. The first-order chi connectivity index (χ1) is 9.48. The lowest BCUT2D eigenvalue weighted by Gasteiger charge is -2.17. The van der Waals surface area contributed by atoms with Crippen LogP contribution in [0.4, 0.5) is 0 Å². The Hall–Kier alpha value is -0.820. The summed E-state index contributed by atoms with van der Waals surface area (Å²) in [5, 5.41) is 3.39. The molecule has 1 heterocycles. The molecule has 1 aliphatic heterocycles. The van der Waals surface area contributed by atoms with Crippen molar-refractivity contribution in [2.24, 2.45) is 5.92 Å². The average Bonchev–Trinajstić information content (AvgIpc) is 2.88. The Morgan fingerprint density at radius 3 is 2.85 bits per heavy atom. The van der Waals surface area contributed by atoms with Crippen molar-refractivity contribution in [1.82, 2.24) is 9.62 Å². The molecule has 0 aromatic heterocycles. The summed E-state index contributed by atoms with van der Waals surface area (Å²) in [7, 11) is -0.0982. The topological polar surface area (TPSA) is 58.6 Å². The number of nitrogens with zero attached hydrogens (tertiary/aromatic N) is 1. The monoisotopic (exact) mass is 318 g/mol. The normalized spacial score (nSPS) is 20.2. The van der Waals surface area contributed by atoms with Gasteiger partial charge in [0.1, 0.15) is 5.75 Å². The first-order valence-electron chi connectivity index (χ1n) is 6.47. The fourth-order valence-corrected chi connectivity index (χ4v) is 4.31. The van der Waals surface area contributed by atoms with E-state index in [1.807, 2.05) is 7.05 Å². The van der Waals surface area contributed by atoms with Crippen molar-refractivity contribution in [2.45, 2.75) is 11.3 Å². The van der Waals surface area contributed by atoms with E-state index in [9.17, 15) is 8.42 Å². The zero-order valence-corrected chi connectivity index (χ0v) is 13.2. The molecule has 2 rings (SSSR count). The molecule has 0 saturated carbocycles. The SMILES string of the molecule is CNCC1CCN(S(=O)(=O)c2ccc(OC)c(Cl)c2)C1. The molecule has 0 bridgehead atoms. The Morgan fingerprint density at radius 1 is 1.50 bits per heavy atom. The molecule has 1 saturated heterocycles. The van der Waals surface area contributed by atoms with Gasteiger partial charge in [-0.15, -0.1) is 0 Å². The van der Waals surface area contributed by atoms with Crippen molar-refractivity contribution in [3.63, 3.8) is 0 Å². The van der Waals surface area contributed by atoms with Crippen molar-refractivity contribution >= 4 is 21.6 Å². The van der Waals surface area contributed by atoms with E-state index >= 15 is 0 Å². The molecule has 0 spiro atoms. The fraction of sp³-hybridized carbons (Fsp3) is 0.538. The maximum absolute atomic E-state index is 12.5. The molecule has 1 fully saturated rings. The molecule has 1 aromatic carbocycles. The van der Waals surface area contributed by atoms with E-state index in [4.69, 9.17) is 16.3 Å². The third kappa shape index (κ3) is 3.09. The zero-order chi connectivity index (χ0) is 14.8. The summed E-state index contributed by atoms with van der Waals surface area (Å²) in [5.74, 6) is 0.837. The molecule has 112 valence electrons. The van der Waals surface area contributed by atoms with Gasteiger partial charge in [0, 0.05) is 13.1 Å². The molecular formula is C13H19ClN2O3S. The van der Waals surface area contributed by atoms with E-state index in [2.05, 4.69) is 5.32 Å². The van der Waals surface area contributed by atoms with Crippen LogP contribution in [0.2, 0.25) is 5.02 Å². The number of sulfonamides is 1. The molecular weight excluding hydrogens is 300 g/mol. The van der Waals surface area contributed by atoms with E-state index in [1.165, 1.54) is 23.5 Å². The van der Waals surface area contributed by atoms with E-state index in [0.717, 1.165) is 13.0 Å². The lowest BCUT2D eigenvalue weighted by Crippen LogP contribution is -2.30.